The number of carbonyl (C=O) groups is 1. The first kappa shape index (κ1) is 25.2. The summed E-state index contributed by atoms with van der Waals surface area (Å²) in [6.07, 6.45) is 0. The highest BCUT2D eigenvalue weighted by Crippen LogP contribution is 2.35. The van der Waals surface area contributed by atoms with Gasteiger partial charge in [0, 0.05) is 5.39 Å². The number of carboxylic acid groups (broad SMARTS) is 1. The number of aromatic carboxylic acids is 1. The van der Waals surface area contributed by atoms with Crippen molar-refractivity contribution >= 4 is 32.7 Å². The van der Waals surface area contributed by atoms with Crippen LogP contribution in [0.25, 0.3) is 10.9 Å². The molecule has 0 saturated heterocycles. The Hall–Kier alpha value is -3.91. The standard InChI is InChI=1S/C28H28N2O5S/c1-28(2,3)24-12-8-11-20-17-23(27(31)32)26(29-25(20)24)30(18-19-9-6-5-7-10-19)36(33,34)22-15-13-21(35-4)14-16-22/h5-17H,18H2,1-4H3,(H,31,32). The molecule has 8 heteroatoms. The first-order valence-electron chi connectivity index (χ1n) is 11.4. The number of para-hydroxylation sites is 1. The molecule has 1 N–H and O–H groups in total. The Kier molecular flexibility index (Phi) is 6.73. The van der Waals surface area contributed by atoms with E-state index >= 15 is 0 Å². The number of anilines is 1. The fourth-order valence-electron chi connectivity index (χ4n) is 4.04. The van der Waals surface area contributed by atoms with Gasteiger partial charge in [0.15, 0.2) is 5.82 Å². The van der Waals surface area contributed by atoms with E-state index in [2.05, 4.69) is 0 Å². The Morgan fingerprint density at radius 3 is 2.22 bits per heavy atom. The normalized spacial score (nSPS) is 11.9. The van der Waals surface area contributed by atoms with Crippen LogP contribution in [0.15, 0.2) is 83.8 Å². The molecule has 0 fully saturated rings. The number of nitrogens with zero attached hydrogens (tertiary/aromatic N) is 2. The zero-order valence-corrected chi connectivity index (χ0v) is 21.4. The molecule has 1 heterocycles. The van der Waals surface area contributed by atoms with Gasteiger partial charge < -0.3 is 9.84 Å². The molecule has 0 aliphatic carbocycles. The quantitative estimate of drug-likeness (QED) is 0.350. The minimum Gasteiger partial charge on any atom is -0.497 e. The molecular weight excluding hydrogens is 476 g/mol. The predicted molar refractivity (Wildman–Crippen MR) is 140 cm³/mol. The molecule has 36 heavy (non-hydrogen) atoms. The minimum absolute atomic E-state index is 0.00146. The van der Waals surface area contributed by atoms with E-state index in [9.17, 15) is 18.3 Å². The molecule has 1 aromatic heterocycles. The summed E-state index contributed by atoms with van der Waals surface area (Å²) in [5.41, 5.74) is 1.65. The number of fused-ring (bicyclic) bond motifs is 1. The number of hydrogen-bond donors (Lipinski definition) is 1. The van der Waals surface area contributed by atoms with Gasteiger partial charge in [-0.2, -0.15) is 0 Å². The Labute approximate surface area is 211 Å². The molecule has 4 aromatic rings. The number of pyridine rings is 1. The Morgan fingerprint density at radius 2 is 1.64 bits per heavy atom. The molecule has 0 amide bonds. The van der Waals surface area contributed by atoms with Crippen molar-refractivity contribution in [2.24, 2.45) is 0 Å². The third-order valence-corrected chi connectivity index (χ3v) is 7.67. The lowest BCUT2D eigenvalue weighted by Crippen LogP contribution is -2.33. The number of carboxylic acids is 1. The smallest absolute Gasteiger partial charge is 0.339 e. The Balaban J connectivity index is 2.01. The van der Waals surface area contributed by atoms with Gasteiger partial charge in [-0.3, -0.25) is 0 Å². The maximum absolute atomic E-state index is 14.0. The second-order valence-corrected chi connectivity index (χ2v) is 11.3. The van der Waals surface area contributed by atoms with Crippen molar-refractivity contribution in [3.8, 4) is 5.75 Å². The molecule has 4 rings (SSSR count). The first-order chi connectivity index (χ1) is 17.0. The third-order valence-electron chi connectivity index (χ3n) is 5.92. The van der Waals surface area contributed by atoms with Gasteiger partial charge in [0.25, 0.3) is 10.0 Å². The summed E-state index contributed by atoms with van der Waals surface area (Å²) in [6.45, 7) is 6.00. The van der Waals surface area contributed by atoms with Crippen molar-refractivity contribution in [3.63, 3.8) is 0 Å². The van der Waals surface area contributed by atoms with Crippen LogP contribution < -0.4 is 9.04 Å². The highest BCUT2D eigenvalue weighted by molar-refractivity contribution is 7.92. The summed E-state index contributed by atoms with van der Waals surface area (Å²) < 4.78 is 34.2. The van der Waals surface area contributed by atoms with Crippen LogP contribution in [0.5, 0.6) is 5.75 Å². The lowest BCUT2D eigenvalue weighted by atomic mass is 9.85. The van der Waals surface area contributed by atoms with Gasteiger partial charge in [0.2, 0.25) is 0 Å². The van der Waals surface area contributed by atoms with Crippen molar-refractivity contribution in [3.05, 3.63) is 95.6 Å². The van der Waals surface area contributed by atoms with Crippen LogP contribution in [-0.2, 0) is 22.0 Å². The Morgan fingerprint density at radius 1 is 0.972 bits per heavy atom. The molecule has 186 valence electrons. The molecule has 7 nitrogen and oxygen atoms in total. The molecule has 3 aromatic carbocycles. The van der Waals surface area contributed by atoms with Crippen LogP contribution >= 0.6 is 0 Å². The molecule has 0 aliphatic heterocycles. The van der Waals surface area contributed by atoms with Gasteiger partial charge in [-0.1, -0.05) is 69.3 Å². The number of rotatable bonds is 7. The fraction of sp³-hybridized carbons (Fsp3) is 0.214. The van der Waals surface area contributed by atoms with Crippen molar-refractivity contribution in [1.29, 1.82) is 0 Å². The monoisotopic (exact) mass is 504 g/mol. The lowest BCUT2D eigenvalue weighted by molar-refractivity contribution is 0.0697. The van der Waals surface area contributed by atoms with E-state index in [0.717, 1.165) is 9.87 Å². The van der Waals surface area contributed by atoms with E-state index < -0.39 is 16.0 Å². The molecule has 0 unspecified atom stereocenters. The number of hydrogen-bond acceptors (Lipinski definition) is 5. The van der Waals surface area contributed by atoms with Crippen molar-refractivity contribution in [2.45, 2.75) is 37.6 Å². The molecule has 0 aliphatic rings. The average Bonchev–Trinajstić information content (AvgIpc) is 2.86. The van der Waals surface area contributed by atoms with Crippen LogP contribution in [-0.4, -0.2) is 31.6 Å². The van der Waals surface area contributed by atoms with Crippen LogP contribution in [0.4, 0.5) is 5.82 Å². The van der Waals surface area contributed by atoms with E-state index in [4.69, 9.17) is 9.72 Å². The van der Waals surface area contributed by atoms with Gasteiger partial charge in [0.1, 0.15) is 11.3 Å². The third kappa shape index (κ3) is 4.90. The van der Waals surface area contributed by atoms with Crippen molar-refractivity contribution in [1.82, 2.24) is 4.98 Å². The van der Waals surface area contributed by atoms with Gasteiger partial charge in [-0.05, 0) is 46.9 Å². The van der Waals surface area contributed by atoms with Crippen LogP contribution in [0.2, 0.25) is 0 Å². The maximum atomic E-state index is 14.0. The first-order valence-corrected chi connectivity index (χ1v) is 12.8. The van der Waals surface area contributed by atoms with Crippen molar-refractivity contribution < 1.29 is 23.1 Å². The zero-order valence-electron chi connectivity index (χ0n) is 20.6. The van der Waals surface area contributed by atoms with Gasteiger partial charge in [0.05, 0.1) is 24.1 Å². The largest absolute Gasteiger partial charge is 0.497 e. The van der Waals surface area contributed by atoms with Gasteiger partial charge in [-0.15, -0.1) is 0 Å². The highest BCUT2D eigenvalue weighted by Gasteiger charge is 2.31. The van der Waals surface area contributed by atoms with Gasteiger partial charge >= 0.3 is 5.97 Å². The summed E-state index contributed by atoms with van der Waals surface area (Å²) in [6, 6.07) is 22.1. The SMILES string of the molecule is COc1ccc(S(=O)(=O)N(Cc2ccccc2)c2nc3c(C(C)(C)C)cccc3cc2C(=O)O)cc1. The lowest BCUT2D eigenvalue weighted by Gasteiger charge is -2.27. The van der Waals surface area contributed by atoms with E-state index in [0.29, 0.717) is 22.2 Å². The van der Waals surface area contributed by atoms with E-state index in [1.807, 2.05) is 39.0 Å². The molecule has 0 atom stereocenters. The number of methoxy groups -OCH3 is 1. The minimum atomic E-state index is -4.20. The number of aromatic nitrogens is 1. The maximum Gasteiger partial charge on any atom is 0.339 e. The van der Waals surface area contributed by atoms with E-state index in [1.54, 1.807) is 42.5 Å². The molecule has 0 saturated carbocycles. The summed E-state index contributed by atoms with van der Waals surface area (Å²) >= 11 is 0. The number of ether oxygens (including phenoxy) is 1. The molecule has 0 spiro atoms. The van der Waals surface area contributed by atoms with Crippen molar-refractivity contribution in [2.75, 3.05) is 11.4 Å². The zero-order chi connectivity index (χ0) is 26.1. The predicted octanol–water partition coefficient (Wildman–Crippen LogP) is 5.63. The topological polar surface area (TPSA) is 96.8 Å². The summed E-state index contributed by atoms with van der Waals surface area (Å²) in [5.74, 6) is -0.886. The fourth-order valence-corrected chi connectivity index (χ4v) is 5.46. The summed E-state index contributed by atoms with van der Waals surface area (Å²) in [4.78, 5) is 17.1. The van der Waals surface area contributed by atoms with Gasteiger partial charge in [-0.25, -0.2) is 22.5 Å². The second kappa shape index (κ2) is 9.62. The molecular formula is C28H28N2O5S. The van der Waals surface area contributed by atoms with Crippen LogP contribution in [0.3, 0.4) is 0 Å². The average molecular weight is 505 g/mol. The summed E-state index contributed by atoms with van der Waals surface area (Å²) in [5, 5.41) is 10.7. The number of sulfonamides is 1. The Bertz CT molecular complexity index is 1510. The summed E-state index contributed by atoms with van der Waals surface area (Å²) in [7, 11) is -2.70. The van der Waals surface area contributed by atoms with E-state index in [1.165, 1.54) is 25.3 Å². The number of benzene rings is 3. The molecule has 0 bridgehead atoms. The highest BCUT2D eigenvalue weighted by atomic mass is 32.2. The second-order valence-electron chi connectivity index (χ2n) is 9.46. The van der Waals surface area contributed by atoms with E-state index in [-0.39, 0.29) is 28.2 Å². The van der Waals surface area contributed by atoms with Crippen LogP contribution in [0, 0.1) is 0 Å². The molecule has 0 radical (unpaired) electrons. The van der Waals surface area contributed by atoms with Crippen LogP contribution in [0.1, 0.15) is 42.3 Å².